The van der Waals surface area contributed by atoms with E-state index in [0.717, 1.165) is 42.7 Å². The highest BCUT2D eigenvalue weighted by Gasteiger charge is 2.26. The zero-order valence-electron chi connectivity index (χ0n) is 16.7. The van der Waals surface area contributed by atoms with Crippen LogP contribution in [0.1, 0.15) is 31.4 Å². The van der Waals surface area contributed by atoms with Gasteiger partial charge in [0.1, 0.15) is 12.6 Å². The van der Waals surface area contributed by atoms with E-state index in [9.17, 15) is 4.79 Å². The van der Waals surface area contributed by atoms with Crippen molar-refractivity contribution >= 4 is 16.9 Å². The van der Waals surface area contributed by atoms with Gasteiger partial charge in [-0.1, -0.05) is 42.5 Å². The van der Waals surface area contributed by atoms with Crippen LogP contribution in [0.15, 0.2) is 60.9 Å². The molecule has 0 bridgehead atoms. The molecule has 6 nitrogen and oxygen atoms in total. The molecule has 1 aliphatic heterocycles. The third-order valence-corrected chi connectivity index (χ3v) is 5.32. The van der Waals surface area contributed by atoms with E-state index in [1.165, 1.54) is 0 Å². The van der Waals surface area contributed by atoms with Crippen molar-refractivity contribution in [3.8, 4) is 0 Å². The fourth-order valence-corrected chi connectivity index (χ4v) is 3.81. The Labute approximate surface area is 170 Å². The molecule has 1 saturated heterocycles. The van der Waals surface area contributed by atoms with Crippen molar-refractivity contribution in [1.29, 1.82) is 0 Å². The van der Waals surface area contributed by atoms with E-state index in [4.69, 9.17) is 9.47 Å². The molecule has 2 atom stereocenters. The highest BCUT2D eigenvalue weighted by atomic mass is 16.5. The number of para-hydroxylation sites is 2. The Morgan fingerprint density at radius 2 is 1.90 bits per heavy atom. The van der Waals surface area contributed by atoms with Crippen LogP contribution in [-0.2, 0) is 20.8 Å². The van der Waals surface area contributed by atoms with Gasteiger partial charge in [-0.15, -0.1) is 0 Å². The summed E-state index contributed by atoms with van der Waals surface area (Å²) in [6.07, 6.45) is 3.41. The molecule has 0 spiro atoms. The van der Waals surface area contributed by atoms with Crippen molar-refractivity contribution in [2.24, 2.45) is 0 Å². The van der Waals surface area contributed by atoms with Crippen LogP contribution in [0.4, 0.5) is 0 Å². The molecule has 3 aromatic rings. The van der Waals surface area contributed by atoms with Gasteiger partial charge in [0.2, 0.25) is 5.91 Å². The van der Waals surface area contributed by atoms with Crippen LogP contribution in [0.25, 0.3) is 11.0 Å². The molecular weight excluding hydrogens is 366 g/mol. The summed E-state index contributed by atoms with van der Waals surface area (Å²) in [6, 6.07) is 17.7. The van der Waals surface area contributed by atoms with Gasteiger partial charge in [-0.25, -0.2) is 4.98 Å². The smallest absolute Gasteiger partial charge is 0.240 e. The summed E-state index contributed by atoms with van der Waals surface area (Å²) in [5.74, 6) is -0.0582. The normalized spacial score (nSPS) is 17.1. The molecule has 1 N–H and O–H groups in total. The first-order valence-electron chi connectivity index (χ1n) is 10.2. The van der Waals surface area contributed by atoms with Crippen molar-refractivity contribution in [3.05, 3.63) is 66.5 Å². The second-order valence-electron chi connectivity index (χ2n) is 7.50. The molecule has 1 amide bonds. The molecule has 2 heterocycles. The second-order valence-corrected chi connectivity index (χ2v) is 7.50. The van der Waals surface area contributed by atoms with Gasteiger partial charge in [0.15, 0.2) is 0 Å². The molecule has 1 aliphatic rings. The summed E-state index contributed by atoms with van der Waals surface area (Å²) in [4.78, 5) is 17.1. The standard InChI is InChI=1S/C23H27N3O3/c1-17(25-22(27)15-26-16-24-20-9-5-6-10-21(20)26)23(18-7-3-2-4-8-18)29-19-11-13-28-14-12-19/h2-10,16-17,19,23H,11-15H2,1H3,(H,25,27). The third kappa shape index (κ3) is 4.83. The molecule has 1 fully saturated rings. The number of benzene rings is 2. The summed E-state index contributed by atoms with van der Waals surface area (Å²) in [6.45, 7) is 3.67. The number of hydrogen-bond acceptors (Lipinski definition) is 4. The maximum atomic E-state index is 12.8. The summed E-state index contributed by atoms with van der Waals surface area (Å²) < 4.78 is 13.7. The van der Waals surface area contributed by atoms with E-state index in [0.29, 0.717) is 0 Å². The van der Waals surface area contributed by atoms with Crippen molar-refractivity contribution in [3.63, 3.8) is 0 Å². The van der Waals surface area contributed by atoms with Gasteiger partial charge in [0.25, 0.3) is 0 Å². The first-order valence-corrected chi connectivity index (χ1v) is 10.2. The van der Waals surface area contributed by atoms with E-state index < -0.39 is 0 Å². The molecular formula is C23H27N3O3. The van der Waals surface area contributed by atoms with Gasteiger partial charge in [0, 0.05) is 13.2 Å². The molecule has 152 valence electrons. The number of carbonyl (C=O) groups excluding carboxylic acids is 1. The number of aromatic nitrogens is 2. The number of imidazole rings is 1. The van der Waals surface area contributed by atoms with Gasteiger partial charge in [0.05, 0.1) is 29.5 Å². The largest absolute Gasteiger partial charge is 0.381 e. The highest BCUT2D eigenvalue weighted by molar-refractivity contribution is 5.80. The predicted molar refractivity (Wildman–Crippen MR) is 111 cm³/mol. The number of nitrogens with zero attached hydrogens (tertiary/aromatic N) is 2. The van der Waals surface area contributed by atoms with E-state index >= 15 is 0 Å². The monoisotopic (exact) mass is 393 g/mol. The summed E-state index contributed by atoms with van der Waals surface area (Å²) >= 11 is 0. The molecule has 2 unspecified atom stereocenters. The average Bonchev–Trinajstić information content (AvgIpc) is 3.16. The first-order chi connectivity index (χ1) is 14.2. The molecule has 0 radical (unpaired) electrons. The molecule has 6 heteroatoms. The van der Waals surface area contributed by atoms with E-state index in [1.807, 2.05) is 54.0 Å². The Morgan fingerprint density at radius 3 is 2.69 bits per heavy atom. The summed E-state index contributed by atoms with van der Waals surface area (Å²) in [5.41, 5.74) is 2.91. The van der Waals surface area contributed by atoms with Gasteiger partial charge >= 0.3 is 0 Å². The van der Waals surface area contributed by atoms with Crippen molar-refractivity contribution in [1.82, 2.24) is 14.9 Å². The van der Waals surface area contributed by atoms with Crippen LogP contribution in [0.2, 0.25) is 0 Å². The maximum Gasteiger partial charge on any atom is 0.240 e. The molecule has 0 saturated carbocycles. The number of ether oxygens (including phenoxy) is 2. The average molecular weight is 393 g/mol. The van der Waals surface area contributed by atoms with E-state index in [1.54, 1.807) is 6.33 Å². The zero-order chi connectivity index (χ0) is 20.1. The predicted octanol–water partition coefficient (Wildman–Crippen LogP) is 3.48. The minimum Gasteiger partial charge on any atom is -0.381 e. The SMILES string of the molecule is CC(NC(=O)Cn1cnc2ccccc21)C(OC1CCOCC1)c1ccccc1. The summed E-state index contributed by atoms with van der Waals surface area (Å²) in [5, 5.41) is 3.13. The van der Waals surface area contributed by atoms with Gasteiger partial charge in [-0.3, -0.25) is 4.79 Å². The fraction of sp³-hybridized carbons (Fsp3) is 0.391. The summed E-state index contributed by atoms with van der Waals surface area (Å²) in [7, 11) is 0. The van der Waals surface area contributed by atoms with Crippen LogP contribution >= 0.6 is 0 Å². The maximum absolute atomic E-state index is 12.8. The Hall–Kier alpha value is -2.70. The molecule has 4 rings (SSSR count). The van der Waals surface area contributed by atoms with Gasteiger partial charge < -0.3 is 19.4 Å². The molecule has 0 aliphatic carbocycles. The number of fused-ring (bicyclic) bond motifs is 1. The van der Waals surface area contributed by atoms with E-state index in [2.05, 4.69) is 22.4 Å². The lowest BCUT2D eigenvalue weighted by Gasteiger charge is -2.32. The van der Waals surface area contributed by atoms with Gasteiger partial charge in [-0.05, 0) is 37.5 Å². The number of carbonyl (C=O) groups is 1. The number of rotatable bonds is 7. The Bertz CT molecular complexity index is 935. The Kier molecular flexibility index (Phi) is 6.22. The van der Waals surface area contributed by atoms with Crippen molar-refractivity contribution < 1.29 is 14.3 Å². The minimum absolute atomic E-state index is 0.0582. The molecule has 1 aromatic heterocycles. The highest BCUT2D eigenvalue weighted by Crippen LogP contribution is 2.26. The zero-order valence-corrected chi connectivity index (χ0v) is 16.7. The number of hydrogen-bond donors (Lipinski definition) is 1. The first kappa shape index (κ1) is 19.6. The fourth-order valence-electron chi connectivity index (χ4n) is 3.81. The van der Waals surface area contributed by atoms with Crippen LogP contribution in [0, 0.1) is 0 Å². The number of nitrogens with one attached hydrogen (secondary N) is 1. The van der Waals surface area contributed by atoms with Crippen LogP contribution in [0.5, 0.6) is 0 Å². The van der Waals surface area contributed by atoms with Gasteiger partial charge in [-0.2, -0.15) is 0 Å². The molecule has 29 heavy (non-hydrogen) atoms. The van der Waals surface area contributed by atoms with Crippen molar-refractivity contribution in [2.45, 2.75) is 44.6 Å². The Morgan fingerprint density at radius 1 is 1.17 bits per heavy atom. The lowest BCUT2D eigenvalue weighted by Crippen LogP contribution is -2.41. The lowest BCUT2D eigenvalue weighted by molar-refractivity contribution is -0.125. The van der Waals surface area contributed by atoms with Crippen LogP contribution < -0.4 is 5.32 Å². The third-order valence-electron chi connectivity index (χ3n) is 5.32. The minimum atomic E-state index is -0.206. The lowest BCUT2D eigenvalue weighted by atomic mass is 10.0. The second kappa shape index (κ2) is 9.20. The topological polar surface area (TPSA) is 65.4 Å². The number of amides is 1. The van der Waals surface area contributed by atoms with Crippen LogP contribution in [0.3, 0.4) is 0 Å². The van der Waals surface area contributed by atoms with Crippen LogP contribution in [-0.4, -0.2) is 40.8 Å². The molecule has 2 aromatic carbocycles. The van der Waals surface area contributed by atoms with E-state index in [-0.39, 0.29) is 30.7 Å². The van der Waals surface area contributed by atoms with Crippen molar-refractivity contribution in [2.75, 3.05) is 13.2 Å². The quantitative estimate of drug-likeness (QED) is 0.667. The Balaban J connectivity index is 1.45.